The van der Waals surface area contributed by atoms with Crippen molar-refractivity contribution >= 4 is 11.8 Å². The van der Waals surface area contributed by atoms with Crippen molar-refractivity contribution in [3.05, 3.63) is 0 Å². The van der Waals surface area contributed by atoms with Crippen molar-refractivity contribution in [2.45, 2.75) is 45.1 Å². The molecule has 2 fully saturated rings. The standard InChI is InChI=1S/C12H18O4/c1-2-16-11(15)12-6-3-4-8(13)10(12)9(14)5-7-12/h9-10,14H,2-7H2,1H3/t9-,10+,12+/m1/s1. The van der Waals surface area contributed by atoms with Crippen molar-refractivity contribution in [3.63, 3.8) is 0 Å². The Labute approximate surface area is 95.0 Å². The van der Waals surface area contributed by atoms with Crippen molar-refractivity contribution in [1.82, 2.24) is 0 Å². The summed E-state index contributed by atoms with van der Waals surface area (Å²) >= 11 is 0. The topological polar surface area (TPSA) is 63.6 Å². The van der Waals surface area contributed by atoms with E-state index < -0.39 is 17.4 Å². The molecular weight excluding hydrogens is 208 g/mol. The van der Waals surface area contributed by atoms with E-state index in [2.05, 4.69) is 0 Å². The van der Waals surface area contributed by atoms with Gasteiger partial charge >= 0.3 is 5.97 Å². The third-order valence-electron chi connectivity index (χ3n) is 3.94. The van der Waals surface area contributed by atoms with Crippen LogP contribution in [0.4, 0.5) is 0 Å². The molecule has 16 heavy (non-hydrogen) atoms. The Kier molecular flexibility index (Phi) is 3.02. The Bertz CT molecular complexity index is 308. The molecule has 0 spiro atoms. The largest absolute Gasteiger partial charge is 0.466 e. The molecule has 0 aromatic heterocycles. The number of rotatable bonds is 2. The van der Waals surface area contributed by atoms with Gasteiger partial charge in [0, 0.05) is 6.42 Å². The molecular formula is C12H18O4. The maximum Gasteiger partial charge on any atom is 0.312 e. The highest BCUT2D eigenvalue weighted by molar-refractivity contribution is 5.91. The molecule has 0 radical (unpaired) electrons. The Hall–Kier alpha value is -0.900. The highest BCUT2D eigenvalue weighted by atomic mass is 16.5. The van der Waals surface area contributed by atoms with Gasteiger partial charge in [-0.2, -0.15) is 0 Å². The molecule has 0 aliphatic heterocycles. The van der Waals surface area contributed by atoms with Crippen LogP contribution in [0.3, 0.4) is 0 Å². The third-order valence-corrected chi connectivity index (χ3v) is 3.94. The van der Waals surface area contributed by atoms with Gasteiger partial charge in [-0.15, -0.1) is 0 Å². The second-order valence-corrected chi connectivity index (χ2v) is 4.78. The number of carbonyl (C=O) groups excluding carboxylic acids is 2. The molecule has 0 amide bonds. The van der Waals surface area contributed by atoms with E-state index >= 15 is 0 Å². The fourth-order valence-corrected chi connectivity index (χ4v) is 3.24. The number of esters is 1. The number of aliphatic hydroxyl groups excluding tert-OH is 1. The molecule has 2 aliphatic carbocycles. The van der Waals surface area contributed by atoms with Crippen molar-refractivity contribution in [3.8, 4) is 0 Å². The monoisotopic (exact) mass is 226 g/mol. The predicted molar refractivity (Wildman–Crippen MR) is 56.7 cm³/mol. The molecule has 0 aromatic rings. The highest BCUT2D eigenvalue weighted by Crippen LogP contribution is 2.51. The summed E-state index contributed by atoms with van der Waals surface area (Å²) in [6.07, 6.45) is 2.37. The molecule has 3 atom stereocenters. The van der Waals surface area contributed by atoms with Crippen LogP contribution in [-0.2, 0) is 14.3 Å². The van der Waals surface area contributed by atoms with E-state index in [-0.39, 0.29) is 11.8 Å². The summed E-state index contributed by atoms with van der Waals surface area (Å²) < 4.78 is 5.08. The Morgan fingerprint density at radius 1 is 1.56 bits per heavy atom. The van der Waals surface area contributed by atoms with Gasteiger partial charge in [-0.1, -0.05) is 0 Å². The smallest absolute Gasteiger partial charge is 0.312 e. The summed E-state index contributed by atoms with van der Waals surface area (Å²) in [6, 6.07) is 0. The maximum atomic E-state index is 12.0. The molecule has 0 saturated heterocycles. The molecule has 0 aromatic carbocycles. The average Bonchev–Trinajstić information content (AvgIpc) is 2.59. The number of hydrogen-bond acceptors (Lipinski definition) is 4. The Balaban J connectivity index is 2.28. The van der Waals surface area contributed by atoms with E-state index in [9.17, 15) is 14.7 Å². The second-order valence-electron chi connectivity index (χ2n) is 4.78. The van der Waals surface area contributed by atoms with Gasteiger partial charge in [-0.3, -0.25) is 9.59 Å². The van der Waals surface area contributed by atoms with E-state index in [1.807, 2.05) is 0 Å². The summed E-state index contributed by atoms with van der Waals surface area (Å²) in [5.74, 6) is -0.769. The number of ether oxygens (including phenoxy) is 1. The summed E-state index contributed by atoms with van der Waals surface area (Å²) in [4.78, 5) is 23.8. The molecule has 4 nitrogen and oxygen atoms in total. The zero-order valence-electron chi connectivity index (χ0n) is 9.57. The van der Waals surface area contributed by atoms with E-state index in [1.54, 1.807) is 6.92 Å². The second kappa shape index (κ2) is 4.17. The quantitative estimate of drug-likeness (QED) is 0.715. The van der Waals surface area contributed by atoms with Crippen LogP contribution in [0.2, 0.25) is 0 Å². The van der Waals surface area contributed by atoms with Gasteiger partial charge in [0.1, 0.15) is 5.78 Å². The molecule has 0 heterocycles. The lowest BCUT2D eigenvalue weighted by Gasteiger charge is -2.36. The molecule has 90 valence electrons. The zero-order chi connectivity index (χ0) is 11.8. The summed E-state index contributed by atoms with van der Waals surface area (Å²) in [5.41, 5.74) is -0.717. The normalized spacial score (nSPS) is 38.2. The molecule has 2 saturated carbocycles. The number of fused-ring (bicyclic) bond motifs is 1. The fraction of sp³-hybridized carbons (Fsp3) is 0.833. The van der Waals surface area contributed by atoms with Crippen LogP contribution in [0.1, 0.15) is 39.0 Å². The van der Waals surface area contributed by atoms with E-state index in [0.717, 1.165) is 6.42 Å². The van der Waals surface area contributed by atoms with Crippen LogP contribution in [0.25, 0.3) is 0 Å². The molecule has 1 N–H and O–H groups in total. The Morgan fingerprint density at radius 2 is 2.31 bits per heavy atom. The van der Waals surface area contributed by atoms with Crippen LogP contribution in [-0.4, -0.2) is 29.6 Å². The van der Waals surface area contributed by atoms with Gasteiger partial charge < -0.3 is 9.84 Å². The van der Waals surface area contributed by atoms with Crippen LogP contribution in [0, 0.1) is 11.3 Å². The summed E-state index contributed by atoms with van der Waals surface area (Å²) in [7, 11) is 0. The van der Waals surface area contributed by atoms with Crippen molar-refractivity contribution in [2.24, 2.45) is 11.3 Å². The summed E-state index contributed by atoms with van der Waals surface area (Å²) in [5, 5.41) is 9.85. The summed E-state index contributed by atoms with van der Waals surface area (Å²) in [6.45, 7) is 2.09. The number of carbonyl (C=O) groups is 2. The third kappa shape index (κ3) is 1.56. The minimum atomic E-state index is -0.717. The minimum absolute atomic E-state index is 0.0318. The Morgan fingerprint density at radius 3 is 3.00 bits per heavy atom. The lowest BCUT2D eigenvalue weighted by Crippen LogP contribution is -2.46. The SMILES string of the molecule is CCOC(=O)[C@]12CCCC(=O)[C@H]1[C@H](O)CC2. The van der Waals surface area contributed by atoms with Crippen molar-refractivity contribution in [2.75, 3.05) is 6.61 Å². The number of ketones is 1. The van der Waals surface area contributed by atoms with Crippen LogP contribution >= 0.6 is 0 Å². The predicted octanol–water partition coefficient (Wildman–Crippen LogP) is 1.06. The number of aliphatic hydroxyl groups is 1. The van der Waals surface area contributed by atoms with Crippen LogP contribution in [0.5, 0.6) is 0 Å². The maximum absolute atomic E-state index is 12.0. The first-order chi connectivity index (χ1) is 7.62. The number of hydrogen-bond donors (Lipinski definition) is 1. The van der Waals surface area contributed by atoms with Crippen LogP contribution < -0.4 is 0 Å². The van der Waals surface area contributed by atoms with Gasteiger partial charge in [0.15, 0.2) is 0 Å². The highest BCUT2D eigenvalue weighted by Gasteiger charge is 2.58. The molecule has 0 unspecified atom stereocenters. The van der Waals surface area contributed by atoms with E-state index in [0.29, 0.717) is 32.3 Å². The fourth-order valence-electron chi connectivity index (χ4n) is 3.24. The van der Waals surface area contributed by atoms with Gasteiger partial charge in [-0.25, -0.2) is 0 Å². The lowest BCUT2D eigenvalue weighted by atomic mass is 9.67. The first kappa shape index (κ1) is 11.6. The molecule has 0 bridgehead atoms. The molecule has 2 aliphatic rings. The van der Waals surface area contributed by atoms with Crippen molar-refractivity contribution < 1.29 is 19.4 Å². The van der Waals surface area contributed by atoms with E-state index in [1.165, 1.54) is 0 Å². The van der Waals surface area contributed by atoms with Gasteiger partial charge in [0.25, 0.3) is 0 Å². The first-order valence-electron chi connectivity index (χ1n) is 6.00. The molecule has 4 heteroatoms. The average molecular weight is 226 g/mol. The van der Waals surface area contributed by atoms with Gasteiger partial charge in [0.05, 0.1) is 24.0 Å². The lowest BCUT2D eigenvalue weighted by molar-refractivity contribution is -0.165. The molecule has 2 rings (SSSR count). The van der Waals surface area contributed by atoms with Crippen LogP contribution in [0.15, 0.2) is 0 Å². The first-order valence-corrected chi connectivity index (χ1v) is 6.00. The minimum Gasteiger partial charge on any atom is -0.466 e. The van der Waals surface area contributed by atoms with Crippen molar-refractivity contribution in [1.29, 1.82) is 0 Å². The van der Waals surface area contributed by atoms with Gasteiger partial charge in [0.2, 0.25) is 0 Å². The van der Waals surface area contributed by atoms with E-state index in [4.69, 9.17) is 4.74 Å². The zero-order valence-corrected chi connectivity index (χ0v) is 9.57. The van der Waals surface area contributed by atoms with Gasteiger partial charge in [-0.05, 0) is 32.6 Å². The number of Topliss-reactive ketones (excluding diaryl/α,β-unsaturated/α-hetero) is 1.